The second-order valence-corrected chi connectivity index (χ2v) is 5.82. The molecule has 0 saturated carbocycles. The molecule has 0 fully saturated rings. The topological polar surface area (TPSA) is 112 Å². The standard InChI is InChI=1S/C11H5N5O4S2/c17-16(18)9-8(12-10-15(9)3-5-21-10)22-11-14-13-7(20-11)6-2-1-4-19-6/h1-5H. The third-order valence-corrected chi connectivity index (χ3v) is 4.26. The molecule has 0 aliphatic carbocycles. The number of thiazole rings is 1. The first-order chi connectivity index (χ1) is 10.7. The van der Waals surface area contributed by atoms with Crippen molar-refractivity contribution in [3.63, 3.8) is 0 Å². The molecule has 0 aliphatic heterocycles. The molecule has 0 bridgehead atoms. The van der Waals surface area contributed by atoms with Gasteiger partial charge in [0.15, 0.2) is 5.76 Å². The number of hydrogen-bond donors (Lipinski definition) is 0. The SMILES string of the molecule is O=[N+]([O-])c1c(Sc2nnc(-c3ccco3)o2)nc2sccn12. The van der Waals surface area contributed by atoms with Gasteiger partial charge in [0.25, 0.3) is 16.1 Å². The van der Waals surface area contributed by atoms with E-state index in [-0.39, 0.29) is 22.0 Å². The number of nitro groups is 1. The molecule has 0 saturated heterocycles. The van der Waals surface area contributed by atoms with E-state index in [0.29, 0.717) is 10.7 Å². The van der Waals surface area contributed by atoms with Crippen LogP contribution >= 0.6 is 23.1 Å². The fraction of sp³-hybridized carbons (Fsp3) is 0. The zero-order valence-corrected chi connectivity index (χ0v) is 12.2. The molecule has 9 nitrogen and oxygen atoms in total. The highest BCUT2D eigenvalue weighted by Gasteiger charge is 2.26. The van der Waals surface area contributed by atoms with E-state index in [9.17, 15) is 10.1 Å². The average Bonchev–Trinajstić information content (AvgIpc) is 3.22. The largest absolute Gasteiger partial charge is 0.459 e. The van der Waals surface area contributed by atoms with Crippen molar-refractivity contribution in [2.24, 2.45) is 0 Å². The number of nitrogens with zero attached hydrogens (tertiary/aromatic N) is 5. The molecule has 4 rings (SSSR count). The van der Waals surface area contributed by atoms with E-state index in [1.54, 1.807) is 23.7 Å². The lowest BCUT2D eigenvalue weighted by Gasteiger charge is -1.94. The lowest BCUT2D eigenvalue weighted by molar-refractivity contribution is -0.393. The van der Waals surface area contributed by atoms with Gasteiger partial charge in [0.2, 0.25) is 5.03 Å². The predicted octanol–water partition coefficient (Wildman–Crippen LogP) is 3.10. The number of aromatic nitrogens is 4. The summed E-state index contributed by atoms with van der Waals surface area (Å²) in [6, 6.07) is 3.37. The highest BCUT2D eigenvalue weighted by Crippen LogP contribution is 2.36. The number of imidazole rings is 1. The molecular weight excluding hydrogens is 330 g/mol. The summed E-state index contributed by atoms with van der Waals surface area (Å²) in [6.07, 6.45) is 3.08. The Bertz CT molecular complexity index is 955. The normalized spacial score (nSPS) is 11.3. The summed E-state index contributed by atoms with van der Waals surface area (Å²) in [5, 5.41) is 21.0. The molecule has 0 spiro atoms. The fourth-order valence-electron chi connectivity index (χ4n) is 1.82. The molecule has 0 atom stereocenters. The highest BCUT2D eigenvalue weighted by atomic mass is 32.2. The summed E-state index contributed by atoms with van der Waals surface area (Å²) in [4.78, 5) is 15.5. The Hall–Kier alpha value is -2.66. The Morgan fingerprint density at radius 1 is 1.41 bits per heavy atom. The first kappa shape index (κ1) is 13.0. The van der Waals surface area contributed by atoms with E-state index >= 15 is 0 Å². The Labute approximate surface area is 129 Å². The van der Waals surface area contributed by atoms with Gasteiger partial charge in [-0.1, -0.05) is 11.3 Å². The molecule has 4 heterocycles. The fourth-order valence-corrected chi connectivity index (χ4v) is 3.35. The maximum absolute atomic E-state index is 11.2. The molecule has 0 aliphatic rings. The van der Waals surface area contributed by atoms with Crippen LogP contribution in [0.2, 0.25) is 0 Å². The number of furan rings is 1. The number of rotatable bonds is 4. The van der Waals surface area contributed by atoms with Gasteiger partial charge in [-0.2, -0.15) is 9.38 Å². The van der Waals surface area contributed by atoms with Crippen LogP contribution in [-0.2, 0) is 0 Å². The summed E-state index contributed by atoms with van der Waals surface area (Å²) in [7, 11) is 0. The smallest absolute Gasteiger partial charge is 0.363 e. The summed E-state index contributed by atoms with van der Waals surface area (Å²) in [6.45, 7) is 0. The van der Waals surface area contributed by atoms with Crippen LogP contribution in [0.25, 0.3) is 16.6 Å². The maximum Gasteiger partial charge on any atom is 0.363 e. The van der Waals surface area contributed by atoms with E-state index in [2.05, 4.69) is 15.2 Å². The number of fused-ring (bicyclic) bond motifs is 1. The van der Waals surface area contributed by atoms with Crippen LogP contribution in [-0.4, -0.2) is 24.5 Å². The summed E-state index contributed by atoms with van der Waals surface area (Å²) >= 11 is 2.25. The second kappa shape index (κ2) is 4.96. The molecule has 22 heavy (non-hydrogen) atoms. The lowest BCUT2D eigenvalue weighted by Crippen LogP contribution is -1.93. The molecule has 0 amide bonds. The molecule has 0 aromatic carbocycles. The van der Waals surface area contributed by atoms with E-state index in [1.165, 1.54) is 22.0 Å². The predicted molar refractivity (Wildman–Crippen MR) is 75.8 cm³/mol. The van der Waals surface area contributed by atoms with Crippen molar-refractivity contribution in [2.45, 2.75) is 10.2 Å². The molecular formula is C11H5N5O4S2. The Kier molecular flexibility index (Phi) is 2.94. The monoisotopic (exact) mass is 335 g/mol. The van der Waals surface area contributed by atoms with Crippen molar-refractivity contribution in [2.75, 3.05) is 0 Å². The van der Waals surface area contributed by atoms with E-state index < -0.39 is 4.92 Å². The summed E-state index contributed by atoms with van der Waals surface area (Å²) in [5.74, 6) is 0.509. The van der Waals surface area contributed by atoms with Gasteiger partial charge < -0.3 is 18.9 Å². The Morgan fingerprint density at radius 2 is 2.32 bits per heavy atom. The lowest BCUT2D eigenvalue weighted by atomic mass is 10.5. The third-order valence-electron chi connectivity index (χ3n) is 2.70. The first-order valence-electron chi connectivity index (χ1n) is 5.87. The molecule has 11 heteroatoms. The zero-order valence-electron chi connectivity index (χ0n) is 10.6. The van der Waals surface area contributed by atoms with E-state index in [1.807, 2.05) is 0 Å². The summed E-state index contributed by atoms with van der Waals surface area (Å²) in [5.41, 5.74) is 0. The quantitative estimate of drug-likeness (QED) is 0.413. The Morgan fingerprint density at radius 3 is 3.09 bits per heavy atom. The zero-order chi connectivity index (χ0) is 15.1. The van der Waals surface area contributed by atoms with Gasteiger partial charge in [0, 0.05) is 17.1 Å². The van der Waals surface area contributed by atoms with Crippen molar-refractivity contribution >= 4 is 33.9 Å². The van der Waals surface area contributed by atoms with Crippen molar-refractivity contribution < 1.29 is 13.8 Å². The minimum Gasteiger partial charge on any atom is -0.459 e. The van der Waals surface area contributed by atoms with Crippen LogP contribution < -0.4 is 0 Å². The van der Waals surface area contributed by atoms with Crippen molar-refractivity contribution in [1.82, 2.24) is 19.6 Å². The van der Waals surface area contributed by atoms with Crippen LogP contribution in [0, 0.1) is 10.1 Å². The average molecular weight is 335 g/mol. The van der Waals surface area contributed by atoms with Gasteiger partial charge in [0.05, 0.1) is 6.26 Å². The van der Waals surface area contributed by atoms with Gasteiger partial charge in [-0.05, 0) is 17.1 Å². The van der Waals surface area contributed by atoms with Crippen molar-refractivity contribution in [3.05, 3.63) is 40.1 Å². The Balaban J connectivity index is 1.70. The molecule has 0 N–H and O–H groups in total. The minimum atomic E-state index is -0.487. The molecule has 0 unspecified atom stereocenters. The van der Waals surface area contributed by atoms with Crippen LogP contribution in [0.15, 0.2) is 49.1 Å². The van der Waals surface area contributed by atoms with Crippen molar-refractivity contribution in [3.8, 4) is 11.7 Å². The van der Waals surface area contributed by atoms with Gasteiger partial charge in [-0.15, -0.1) is 10.2 Å². The maximum atomic E-state index is 11.2. The van der Waals surface area contributed by atoms with Gasteiger partial charge in [0.1, 0.15) is 6.20 Å². The highest BCUT2D eigenvalue weighted by molar-refractivity contribution is 7.99. The molecule has 110 valence electrons. The number of hydrogen-bond acceptors (Lipinski definition) is 9. The molecule has 4 aromatic rings. The van der Waals surface area contributed by atoms with Crippen molar-refractivity contribution in [1.29, 1.82) is 0 Å². The van der Waals surface area contributed by atoms with Gasteiger partial charge in [-0.25, -0.2) is 0 Å². The minimum absolute atomic E-state index is 0.126. The molecule has 0 radical (unpaired) electrons. The third kappa shape index (κ3) is 2.07. The van der Waals surface area contributed by atoms with Gasteiger partial charge >= 0.3 is 5.82 Å². The second-order valence-electron chi connectivity index (χ2n) is 4.01. The molecule has 4 aromatic heterocycles. The van der Waals surface area contributed by atoms with Crippen LogP contribution in [0.1, 0.15) is 0 Å². The first-order valence-corrected chi connectivity index (χ1v) is 7.57. The van der Waals surface area contributed by atoms with Gasteiger partial charge in [-0.3, -0.25) is 0 Å². The van der Waals surface area contributed by atoms with E-state index in [0.717, 1.165) is 11.8 Å². The van der Waals surface area contributed by atoms with Crippen LogP contribution in [0.3, 0.4) is 0 Å². The van der Waals surface area contributed by atoms with Crippen LogP contribution in [0.5, 0.6) is 0 Å². The van der Waals surface area contributed by atoms with Crippen LogP contribution in [0.4, 0.5) is 5.82 Å². The summed E-state index contributed by atoms with van der Waals surface area (Å²) < 4.78 is 12.0. The van der Waals surface area contributed by atoms with E-state index in [4.69, 9.17) is 8.83 Å².